The molecule has 0 bridgehead atoms. The zero-order valence-corrected chi connectivity index (χ0v) is 12.7. The van der Waals surface area contributed by atoms with Crippen molar-refractivity contribution in [1.82, 2.24) is 5.43 Å². The molecule has 0 fully saturated rings. The van der Waals surface area contributed by atoms with Crippen LogP contribution in [0.4, 0.5) is 11.4 Å². The summed E-state index contributed by atoms with van der Waals surface area (Å²) < 4.78 is 0. The predicted octanol–water partition coefficient (Wildman–Crippen LogP) is 4.41. The van der Waals surface area contributed by atoms with E-state index in [0.717, 1.165) is 24.5 Å². The van der Waals surface area contributed by atoms with Gasteiger partial charge in [-0.2, -0.15) is 0 Å². The first-order valence-corrected chi connectivity index (χ1v) is 7.75. The zero-order valence-electron chi connectivity index (χ0n) is 12.7. The normalized spacial score (nSPS) is 10.3. The van der Waals surface area contributed by atoms with E-state index < -0.39 is 0 Å². The highest BCUT2D eigenvalue weighted by atomic mass is 15.3. The van der Waals surface area contributed by atoms with E-state index in [1.54, 1.807) is 0 Å². The summed E-state index contributed by atoms with van der Waals surface area (Å²) in [5, 5.41) is 3.42. The van der Waals surface area contributed by atoms with Crippen LogP contribution >= 0.6 is 0 Å². The van der Waals surface area contributed by atoms with Crippen LogP contribution in [-0.4, -0.2) is 6.54 Å². The van der Waals surface area contributed by atoms with Crippen LogP contribution < -0.4 is 16.2 Å². The molecule has 2 aromatic rings. The Morgan fingerprint density at radius 2 is 1.52 bits per heavy atom. The third kappa shape index (κ3) is 5.88. The molecule has 2 aromatic carbocycles. The Morgan fingerprint density at radius 1 is 0.810 bits per heavy atom. The number of unbranched alkanes of at least 4 members (excludes halogenated alkanes) is 2. The molecule has 0 aliphatic carbocycles. The molecule has 0 aliphatic rings. The molecule has 3 heteroatoms. The van der Waals surface area contributed by atoms with Gasteiger partial charge in [0.25, 0.3) is 0 Å². The van der Waals surface area contributed by atoms with Gasteiger partial charge in [-0.05, 0) is 36.2 Å². The van der Waals surface area contributed by atoms with Crippen molar-refractivity contribution in [2.45, 2.75) is 32.7 Å². The molecule has 0 radical (unpaired) electrons. The number of hydrogen-bond acceptors (Lipinski definition) is 3. The molecule has 3 N–H and O–H groups in total. The molecule has 21 heavy (non-hydrogen) atoms. The summed E-state index contributed by atoms with van der Waals surface area (Å²) in [5.41, 5.74) is 9.99. The zero-order chi connectivity index (χ0) is 14.8. The van der Waals surface area contributed by atoms with E-state index in [0.29, 0.717) is 0 Å². The average molecular weight is 283 g/mol. The topological polar surface area (TPSA) is 36.1 Å². The van der Waals surface area contributed by atoms with Crippen LogP contribution in [0.15, 0.2) is 54.6 Å². The first-order chi connectivity index (χ1) is 10.4. The summed E-state index contributed by atoms with van der Waals surface area (Å²) in [4.78, 5) is 0. The number of rotatable bonds is 9. The Hall–Kier alpha value is -2.00. The maximum absolute atomic E-state index is 3.42. The molecule has 0 saturated carbocycles. The standard InChI is InChI=1S/C18H25N3/c1-2-3-7-14-20-21-18-12-10-17(11-13-18)19-15-16-8-5-4-6-9-16/h4-6,8-13,19-21H,2-3,7,14-15H2,1H3. The van der Waals surface area contributed by atoms with Crippen molar-refractivity contribution in [3.05, 3.63) is 60.2 Å². The Bertz CT molecular complexity index is 494. The van der Waals surface area contributed by atoms with Gasteiger partial charge in [0.15, 0.2) is 0 Å². The molecule has 3 nitrogen and oxygen atoms in total. The quantitative estimate of drug-likeness (QED) is 0.471. The Kier molecular flexibility index (Phi) is 6.62. The molecule has 2 rings (SSSR count). The summed E-state index contributed by atoms with van der Waals surface area (Å²) >= 11 is 0. The van der Waals surface area contributed by atoms with Crippen molar-refractivity contribution in [1.29, 1.82) is 0 Å². The lowest BCUT2D eigenvalue weighted by atomic mass is 10.2. The minimum atomic E-state index is 0.850. The van der Waals surface area contributed by atoms with Crippen molar-refractivity contribution < 1.29 is 0 Å². The smallest absolute Gasteiger partial charge is 0.0489 e. The summed E-state index contributed by atoms with van der Waals surface area (Å²) in [6.45, 7) is 4.07. The van der Waals surface area contributed by atoms with E-state index in [9.17, 15) is 0 Å². The Balaban J connectivity index is 1.71. The molecular weight excluding hydrogens is 258 g/mol. The molecule has 0 atom stereocenters. The minimum absolute atomic E-state index is 0.850. The van der Waals surface area contributed by atoms with Gasteiger partial charge < -0.3 is 10.7 Å². The lowest BCUT2D eigenvalue weighted by Crippen LogP contribution is -2.22. The van der Waals surface area contributed by atoms with Gasteiger partial charge in [-0.25, -0.2) is 5.43 Å². The lowest BCUT2D eigenvalue weighted by molar-refractivity contribution is 0.662. The molecule has 0 aromatic heterocycles. The first kappa shape index (κ1) is 15.4. The van der Waals surface area contributed by atoms with E-state index in [1.165, 1.54) is 24.8 Å². The van der Waals surface area contributed by atoms with E-state index in [-0.39, 0.29) is 0 Å². The van der Waals surface area contributed by atoms with Crippen LogP contribution in [0.25, 0.3) is 0 Å². The van der Waals surface area contributed by atoms with Crippen LogP contribution in [0, 0.1) is 0 Å². The van der Waals surface area contributed by atoms with Gasteiger partial charge in [0.2, 0.25) is 0 Å². The fourth-order valence-corrected chi connectivity index (χ4v) is 2.10. The van der Waals surface area contributed by atoms with Gasteiger partial charge in [0.1, 0.15) is 0 Å². The summed E-state index contributed by atoms with van der Waals surface area (Å²) in [7, 11) is 0. The third-order valence-corrected chi connectivity index (χ3v) is 3.36. The highest BCUT2D eigenvalue weighted by Gasteiger charge is 1.95. The fraction of sp³-hybridized carbons (Fsp3) is 0.333. The van der Waals surface area contributed by atoms with Gasteiger partial charge in [-0.15, -0.1) is 0 Å². The molecule has 112 valence electrons. The summed E-state index contributed by atoms with van der Waals surface area (Å²) in [6.07, 6.45) is 3.74. The maximum Gasteiger partial charge on any atom is 0.0489 e. The van der Waals surface area contributed by atoms with Crippen molar-refractivity contribution in [2.75, 3.05) is 17.3 Å². The van der Waals surface area contributed by atoms with E-state index in [2.05, 4.69) is 71.6 Å². The van der Waals surface area contributed by atoms with Gasteiger partial charge >= 0.3 is 0 Å². The maximum atomic E-state index is 3.42. The van der Waals surface area contributed by atoms with Gasteiger partial charge in [0, 0.05) is 24.5 Å². The number of anilines is 2. The molecule has 0 spiro atoms. The second-order valence-electron chi connectivity index (χ2n) is 5.18. The second-order valence-corrected chi connectivity index (χ2v) is 5.18. The van der Waals surface area contributed by atoms with Gasteiger partial charge in [-0.3, -0.25) is 0 Å². The second kappa shape index (κ2) is 9.03. The van der Waals surface area contributed by atoms with Crippen molar-refractivity contribution in [2.24, 2.45) is 0 Å². The predicted molar refractivity (Wildman–Crippen MR) is 91.4 cm³/mol. The number of benzene rings is 2. The molecule has 0 unspecified atom stereocenters. The van der Waals surface area contributed by atoms with Crippen molar-refractivity contribution in [3.8, 4) is 0 Å². The summed E-state index contributed by atoms with van der Waals surface area (Å²) in [6, 6.07) is 18.8. The summed E-state index contributed by atoms with van der Waals surface area (Å²) in [5.74, 6) is 0. The van der Waals surface area contributed by atoms with Crippen LogP contribution in [0.5, 0.6) is 0 Å². The van der Waals surface area contributed by atoms with Gasteiger partial charge in [0.05, 0.1) is 0 Å². The Morgan fingerprint density at radius 3 is 2.24 bits per heavy atom. The van der Waals surface area contributed by atoms with Crippen LogP contribution in [0.3, 0.4) is 0 Å². The molecule has 0 aliphatic heterocycles. The molecular formula is C18H25N3. The van der Waals surface area contributed by atoms with Crippen molar-refractivity contribution in [3.63, 3.8) is 0 Å². The molecule has 0 amide bonds. The highest BCUT2D eigenvalue weighted by Crippen LogP contribution is 2.14. The van der Waals surface area contributed by atoms with Gasteiger partial charge in [-0.1, -0.05) is 50.1 Å². The average Bonchev–Trinajstić information content (AvgIpc) is 2.55. The largest absolute Gasteiger partial charge is 0.381 e. The Labute approximate surface area is 127 Å². The minimum Gasteiger partial charge on any atom is -0.381 e. The fourth-order valence-electron chi connectivity index (χ4n) is 2.10. The van der Waals surface area contributed by atoms with Crippen LogP contribution in [-0.2, 0) is 6.54 Å². The molecule has 0 heterocycles. The van der Waals surface area contributed by atoms with Crippen LogP contribution in [0.1, 0.15) is 31.7 Å². The van der Waals surface area contributed by atoms with E-state index in [1.807, 2.05) is 6.07 Å². The first-order valence-electron chi connectivity index (χ1n) is 7.75. The van der Waals surface area contributed by atoms with Crippen LogP contribution in [0.2, 0.25) is 0 Å². The SMILES string of the molecule is CCCCCNNc1ccc(NCc2ccccc2)cc1. The van der Waals surface area contributed by atoms with Crippen molar-refractivity contribution >= 4 is 11.4 Å². The molecule has 0 saturated heterocycles. The lowest BCUT2D eigenvalue weighted by Gasteiger charge is -2.10. The monoisotopic (exact) mass is 283 g/mol. The van der Waals surface area contributed by atoms with E-state index in [4.69, 9.17) is 0 Å². The highest BCUT2D eigenvalue weighted by molar-refractivity contribution is 5.53. The number of hydrazine groups is 1. The van der Waals surface area contributed by atoms with E-state index >= 15 is 0 Å². The third-order valence-electron chi connectivity index (χ3n) is 3.36. The number of nitrogens with one attached hydrogen (secondary N) is 3. The number of hydrogen-bond donors (Lipinski definition) is 3.